The van der Waals surface area contributed by atoms with Crippen LogP contribution in [0.1, 0.15) is 34.1 Å². The van der Waals surface area contributed by atoms with Crippen molar-refractivity contribution >= 4 is 17.7 Å². The van der Waals surface area contributed by atoms with Crippen molar-refractivity contribution in [1.29, 1.82) is 0 Å². The fourth-order valence-corrected chi connectivity index (χ4v) is 1.90. The highest BCUT2D eigenvalue weighted by atomic mass is 16.5. The number of carbonyl (C=O) groups excluding carboxylic acids is 3. The number of hydrazine groups is 1. The van der Waals surface area contributed by atoms with Crippen molar-refractivity contribution in [2.24, 2.45) is 0 Å². The number of rotatable bonds is 6. The molecule has 2 rings (SSSR count). The number of fused-ring (bicyclic) bond motifs is 1. The average molecular weight is 288 g/mol. The lowest BCUT2D eigenvalue weighted by molar-refractivity contribution is -0.134. The van der Waals surface area contributed by atoms with E-state index < -0.39 is 23.8 Å². The number of carbonyl (C=O) groups is 3. The highest BCUT2D eigenvalue weighted by Crippen LogP contribution is 2.20. The van der Waals surface area contributed by atoms with Crippen molar-refractivity contribution in [3.8, 4) is 0 Å². The van der Waals surface area contributed by atoms with Gasteiger partial charge in [-0.2, -0.15) is 5.01 Å². The van der Waals surface area contributed by atoms with Gasteiger partial charge in [0.2, 0.25) is 0 Å². The molecule has 0 bridgehead atoms. The first-order valence-corrected chi connectivity index (χ1v) is 6.57. The summed E-state index contributed by atoms with van der Waals surface area (Å²) in [6.45, 7) is 5.45. The normalized spacial score (nSPS) is 14.8. The monoisotopic (exact) mass is 288 g/mol. The van der Waals surface area contributed by atoms with E-state index in [9.17, 15) is 14.4 Å². The highest BCUT2D eigenvalue weighted by molar-refractivity contribution is 6.21. The third-order valence-electron chi connectivity index (χ3n) is 3.08. The van der Waals surface area contributed by atoms with Crippen molar-refractivity contribution in [3.63, 3.8) is 0 Å². The van der Waals surface area contributed by atoms with Gasteiger partial charge in [-0.15, -0.1) is 6.58 Å². The maximum atomic E-state index is 12.1. The molecular formula is C15H16N2O4. The Morgan fingerprint density at radius 3 is 2.43 bits per heavy atom. The molecule has 0 radical (unpaired) electrons. The number of benzene rings is 1. The van der Waals surface area contributed by atoms with Gasteiger partial charge in [-0.3, -0.25) is 19.8 Å². The minimum Gasteiger partial charge on any atom is -0.368 e. The molecule has 1 heterocycles. The summed E-state index contributed by atoms with van der Waals surface area (Å²) in [5.74, 6) is -1.63. The molecule has 6 heteroatoms. The third-order valence-corrected chi connectivity index (χ3v) is 3.08. The summed E-state index contributed by atoms with van der Waals surface area (Å²) in [4.78, 5) is 36.1. The van der Waals surface area contributed by atoms with E-state index in [1.165, 1.54) is 0 Å². The summed E-state index contributed by atoms with van der Waals surface area (Å²) in [6, 6.07) is 6.42. The third kappa shape index (κ3) is 3.00. The fraction of sp³-hybridized carbons (Fsp3) is 0.267. The smallest absolute Gasteiger partial charge is 0.280 e. The number of nitrogens with one attached hydrogen (secondary N) is 1. The van der Waals surface area contributed by atoms with Gasteiger partial charge in [0, 0.05) is 0 Å². The Balaban J connectivity index is 2.01. The Kier molecular flexibility index (Phi) is 4.49. The number of imide groups is 1. The van der Waals surface area contributed by atoms with Crippen LogP contribution in [0.15, 0.2) is 36.9 Å². The summed E-state index contributed by atoms with van der Waals surface area (Å²) in [5.41, 5.74) is 2.86. The molecule has 0 spiro atoms. The lowest BCUT2D eigenvalue weighted by atomic mass is 10.1. The van der Waals surface area contributed by atoms with Gasteiger partial charge in [0.1, 0.15) is 6.10 Å². The van der Waals surface area contributed by atoms with E-state index in [4.69, 9.17) is 4.74 Å². The van der Waals surface area contributed by atoms with Gasteiger partial charge in [0.15, 0.2) is 0 Å². The van der Waals surface area contributed by atoms with Crippen molar-refractivity contribution in [2.75, 3.05) is 6.61 Å². The number of hydrogen-bond acceptors (Lipinski definition) is 4. The van der Waals surface area contributed by atoms with Crippen LogP contribution in [0.25, 0.3) is 0 Å². The van der Waals surface area contributed by atoms with E-state index in [1.807, 2.05) is 0 Å². The zero-order chi connectivity index (χ0) is 15.4. The van der Waals surface area contributed by atoms with Crippen LogP contribution >= 0.6 is 0 Å². The van der Waals surface area contributed by atoms with E-state index in [-0.39, 0.29) is 11.1 Å². The maximum Gasteiger partial charge on any atom is 0.280 e. The predicted octanol–water partition coefficient (Wildman–Crippen LogP) is 1.29. The van der Waals surface area contributed by atoms with Gasteiger partial charge in [0.05, 0.1) is 17.7 Å². The van der Waals surface area contributed by atoms with Gasteiger partial charge in [-0.25, -0.2) is 0 Å². The largest absolute Gasteiger partial charge is 0.368 e. The lowest BCUT2D eigenvalue weighted by Crippen LogP contribution is -2.49. The second-order valence-electron chi connectivity index (χ2n) is 4.56. The van der Waals surface area contributed by atoms with E-state index in [0.29, 0.717) is 13.0 Å². The Hall–Kier alpha value is -2.47. The van der Waals surface area contributed by atoms with Crippen LogP contribution in [0.2, 0.25) is 0 Å². The number of hydrogen-bond donors (Lipinski definition) is 1. The van der Waals surface area contributed by atoms with Crippen molar-refractivity contribution in [3.05, 3.63) is 48.0 Å². The molecule has 6 nitrogen and oxygen atoms in total. The van der Waals surface area contributed by atoms with E-state index in [0.717, 1.165) is 5.01 Å². The molecule has 3 amide bonds. The molecule has 1 unspecified atom stereocenters. The molecule has 0 saturated carbocycles. The number of nitrogens with zero attached hydrogens (tertiary/aromatic N) is 1. The molecule has 1 N–H and O–H groups in total. The number of ether oxygens (including phenoxy) is 1. The van der Waals surface area contributed by atoms with Gasteiger partial charge >= 0.3 is 0 Å². The van der Waals surface area contributed by atoms with Gasteiger partial charge in [-0.1, -0.05) is 18.2 Å². The molecule has 0 fully saturated rings. The minimum atomic E-state index is -0.769. The van der Waals surface area contributed by atoms with E-state index in [1.54, 1.807) is 37.3 Å². The van der Waals surface area contributed by atoms with E-state index in [2.05, 4.69) is 12.0 Å². The Bertz CT molecular complexity index is 562. The second kappa shape index (κ2) is 6.32. The molecule has 1 atom stereocenters. The minimum absolute atomic E-state index is 0.281. The standard InChI is InChI=1S/C15H16N2O4/c1-3-4-9-21-10(2)13(18)16-17-14(19)11-7-5-6-8-12(11)15(17)20/h3,5-8,10H,1,4,9H2,2H3,(H,16,18). The van der Waals surface area contributed by atoms with Crippen molar-refractivity contribution in [2.45, 2.75) is 19.4 Å². The van der Waals surface area contributed by atoms with Crippen LogP contribution in [-0.4, -0.2) is 35.4 Å². The summed E-state index contributed by atoms with van der Waals surface area (Å²) in [7, 11) is 0. The zero-order valence-corrected chi connectivity index (χ0v) is 11.7. The molecule has 1 aliphatic heterocycles. The van der Waals surface area contributed by atoms with Gasteiger partial charge < -0.3 is 4.74 Å². The fourth-order valence-electron chi connectivity index (χ4n) is 1.90. The Morgan fingerprint density at radius 1 is 1.33 bits per heavy atom. The summed E-state index contributed by atoms with van der Waals surface area (Å²) < 4.78 is 5.27. The molecule has 0 aliphatic carbocycles. The second-order valence-corrected chi connectivity index (χ2v) is 4.56. The van der Waals surface area contributed by atoms with Crippen molar-refractivity contribution < 1.29 is 19.1 Å². The molecule has 110 valence electrons. The average Bonchev–Trinajstić information content (AvgIpc) is 2.73. The van der Waals surface area contributed by atoms with Crippen LogP contribution in [-0.2, 0) is 9.53 Å². The molecule has 1 aromatic rings. The van der Waals surface area contributed by atoms with Crippen LogP contribution in [0.4, 0.5) is 0 Å². The van der Waals surface area contributed by atoms with Crippen LogP contribution in [0.3, 0.4) is 0 Å². The molecule has 0 saturated heterocycles. The molecule has 0 aromatic heterocycles. The maximum absolute atomic E-state index is 12.1. The van der Waals surface area contributed by atoms with Gasteiger partial charge in [-0.05, 0) is 25.5 Å². The van der Waals surface area contributed by atoms with Crippen LogP contribution in [0.5, 0.6) is 0 Å². The Labute approximate surface area is 122 Å². The first-order valence-electron chi connectivity index (χ1n) is 6.57. The Morgan fingerprint density at radius 2 is 1.90 bits per heavy atom. The molecule has 1 aliphatic rings. The number of amides is 3. The summed E-state index contributed by atoms with van der Waals surface area (Å²) >= 11 is 0. The highest BCUT2D eigenvalue weighted by Gasteiger charge is 2.37. The first-order chi connectivity index (χ1) is 10.1. The lowest BCUT2D eigenvalue weighted by Gasteiger charge is -2.18. The van der Waals surface area contributed by atoms with Gasteiger partial charge in [0.25, 0.3) is 17.7 Å². The molecular weight excluding hydrogens is 272 g/mol. The molecule has 21 heavy (non-hydrogen) atoms. The zero-order valence-electron chi connectivity index (χ0n) is 11.7. The van der Waals surface area contributed by atoms with Crippen LogP contribution < -0.4 is 5.43 Å². The van der Waals surface area contributed by atoms with Crippen molar-refractivity contribution in [1.82, 2.24) is 10.4 Å². The SMILES string of the molecule is C=CCCOC(C)C(=O)NN1C(=O)c2ccccc2C1=O. The van der Waals surface area contributed by atoms with Crippen LogP contribution in [0, 0.1) is 0 Å². The first kappa shape index (κ1) is 14.9. The quantitative estimate of drug-likeness (QED) is 0.486. The summed E-state index contributed by atoms with van der Waals surface area (Å²) in [6.07, 6.45) is 1.52. The predicted molar refractivity (Wildman–Crippen MR) is 75.3 cm³/mol. The summed E-state index contributed by atoms with van der Waals surface area (Å²) in [5, 5.41) is 0.723. The molecule has 1 aromatic carbocycles. The van der Waals surface area contributed by atoms with E-state index >= 15 is 0 Å². The topological polar surface area (TPSA) is 75.7 Å².